The predicted octanol–water partition coefficient (Wildman–Crippen LogP) is -11.3. The molecule has 0 aromatic heterocycles. The number of amides is 9. The van der Waals surface area contributed by atoms with E-state index in [1.165, 1.54) is 0 Å². The van der Waals surface area contributed by atoms with Gasteiger partial charge in [-0.05, 0) is 103 Å². The third-order valence-electron chi connectivity index (χ3n) is 13.0. The molecule has 0 heterocycles. The van der Waals surface area contributed by atoms with Gasteiger partial charge in [-0.15, -0.1) is 0 Å². The molecule has 0 unspecified atom stereocenters. The molecule has 0 saturated carbocycles. The van der Waals surface area contributed by atoms with E-state index in [1.807, 2.05) is 0 Å². The van der Waals surface area contributed by atoms with E-state index >= 15 is 0 Å². The van der Waals surface area contributed by atoms with Gasteiger partial charge in [-0.25, -0.2) is 0 Å². The van der Waals surface area contributed by atoms with Gasteiger partial charge in [0.15, 0.2) is 41.7 Å². The molecule has 40 nitrogen and oxygen atoms in total. The number of carbonyl (C=O) groups excluding carboxylic acids is 9. The van der Waals surface area contributed by atoms with Crippen LogP contribution in [0.2, 0.25) is 0 Å². The number of hydrogen-bond acceptors (Lipinski definition) is 18. The number of nitrogens with one attached hydrogen (secondary N) is 9. The number of carbonyl (C=O) groups is 9. The Kier molecular flexibility index (Phi) is 41.6. The Morgan fingerprint density at radius 2 is 0.451 bits per heavy atom. The first kappa shape index (κ1) is 81.4. The molecular formula is C50H101N31O9S. The summed E-state index contributed by atoms with van der Waals surface area (Å²) < 4.78 is 0. The second-order valence-electron chi connectivity index (χ2n) is 20.5. The van der Waals surface area contributed by atoms with Crippen molar-refractivity contribution in [3.05, 3.63) is 0 Å². The molecule has 0 bridgehead atoms. The highest BCUT2D eigenvalue weighted by Crippen LogP contribution is 2.11. The number of hydrogen-bond donors (Lipinski definition) is 25. The molecule has 0 aliphatic carbocycles. The number of likely N-dealkylation sites (N-methyl/N-ethyl adjacent to an activating group) is 1. The Bertz CT molecular complexity index is 2520. The summed E-state index contributed by atoms with van der Waals surface area (Å²) in [5.41, 5.74) is 83.0. The summed E-state index contributed by atoms with van der Waals surface area (Å²) in [4.78, 5) is 153. The minimum Gasteiger partial charge on any atom is -0.370 e. The topological polar surface area (TPSA) is 739 Å². The summed E-state index contributed by atoms with van der Waals surface area (Å²) in [5.74, 6) is -9.39. The zero-order valence-corrected chi connectivity index (χ0v) is 52.8. The van der Waals surface area contributed by atoms with Crippen molar-refractivity contribution in [2.75, 3.05) is 58.6 Å². The molecule has 516 valence electrons. The van der Waals surface area contributed by atoms with E-state index < -0.39 is 108 Å². The van der Waals surface area contributed by atoms with Gasteiger partial charge in [-0.3, -0.25) is 78.1 Å². The van der Waals surface area contributed by atoms with E-state index in [1.54, 1.807) is 14.0 Å². The van der Waals surface area contributed by atoms with Crippen LogP contribution in [0.25, 0.3) is 0 Å². The van der Waals surface area contributed by atoms with Crippen molar-refractivity contribution in [3.8, 4) is 0 Å². The lowest BCUT2D eigenvalue weighted by Gasteiger charge is -2.28. The summed E-state index contributed by atoms with van der Waals surface area (Å²) in [6.07, 6.45) is 0.486. The summed E-state index contributed by atoms with van der Waals surface area (Å²) in [7, 11) is 1.55. The molecule has 0 spiro atoms. The molecule has 0 radical (unpaired) electrons. The van der Waals surface area contributed by atoms with Crippen LogP contribution in [0, 0.1) is 0 Å². The quantitative estimate of drug-likeness (QED) is 0.0116. The van der Waals surface area contributed by atoms with Crippen LogP contribution in [-0.2, 0) is 43.2 Å². The number of nitrogens with zero attached hydrogens (tertiary/aromatic N) is 7. The van der Waals surface area contributed by atoms with Gasteiger partial charge in [0.1, 0.15) is 48.3 Å². The second kappa shape index (κ2) is 46.5. The van der Waals surface area contributed by atoms with Crippen molar-refractivity contribution < 1.29 is 43.2 Å². The number of rotatable bonds is 48. The lowest BCUT2D eigenvalue weighted by molar-refractivity contribution is -0.136. The van der Waals surface area contributed by atoms with E-state index in [-0.39, 0.29) is 183 Å². The Labute approximate surface area is 534 Å². The fraction of sp³-hybridized carbons (Fsp3) is 0.680. The van der Waals surface area contributed by atoms with E-state index in [2.05, 4.69) is 95.4 Å². The van der Waals surface area contributed by atoms with E-state index in [0.29, 0.717) is 6.42 Å². The molecule has 0 aromatic rings. The summed E-state index contributed by atoms with van der Waals surface area (Å²) >= 11 is 4.05. The monoisotopic (exact) mass is 1310 g/mol. The molecule has 0 aliphatic heterocycles. The van der Waals surface area contributed by atoms with Gasteiger partial charge in [0.25, 0.3) is 0 Å². The molecule has 0 saturated heterocycles. The highest BCUT2D eigenvalue weighted by molar-refractivity contribution is 7.80. The van der Waals surface area contributed by atoms with Crippen LogP contribution in [0.4, 0.5) is 0 Å². The van der Waals surface area contributed by atoms with Crippen molar-refractivity contribution in [1.29, 1.82) is 0 Å². The maximum Gasteiger partial charge on any atom is 0.243 e. The largest absolute Gasteiger partial charge is 0.370 e. The smallest absolute Gasteiger partial charge is 0.243 e. The lowest BCUT2D eigenvalue weighted by atomic mass is 10.0. The van der Waals surface area contributed by atoms with Crippen LogP contribution >= 0.6 is 12.6 Å². The normalized spacial score (nSPS) is 13.6. The highest BCUT2D eigenvalue weighted by atomic mass is 32.1. The van der Waals surface area contributed by atoms with Crippen molar-refractivity contribution in [2.24, 2.45) is 121 Å². The first-order chi connectivity index (χ1) is 42.9. The van der Waals surface area contributed by atoms with E-state index in [4.69, 9.17) is 86.0 Å². The first-order valence-corrected chi connectivity index (χ1v) is 30.0. The SMILES string of the molecule is CC[C@@H](NC(=O)[C@@H](CCCN=C(N)N)NC(=O)[C@@H](CCCN=C(N)N)NC(=O)[C@@H](CCCN=C(N)N)NC(=O)[C@@H](CCCN=C(N)N)NC(=O)[C@@H](CCCN=C(N)N)NC(=O)[C@@H](CCCN=C(N)N)NC(=O)[C@@H](CCCN=C(N)N)NC)C(=O)N[C@H](CS)C(N)=O. The molecule has 9 amide bonds. The Morgan fingerprint density at radius 3 is 0.615 bits per heavy atom. The number of primary amides is 1. The minimum absolute atomic E-state index is 0.000911. The van der Waals surface area contributed by atoms with Gasteiger partial charge in [0, 0.05) is 51.6 Å². The maximum absolute atomic E-state index is 14.7. The molecule has 91 heavy (non-hydrogen) atoms. The van der Waals surface area contributed by atoms with Gasteiger partial charge >= 0.3 is 0 Å². The Morgan fingerprint density at radius 1 is 0.286 bits per heavy atom. The Hall–Kier alpha value is -9.57. The van der Waals surface area contributed by atoms with Crippen LogP contribution in [0.3, 0.4) is 0 Å². The van der Waals surface area contributed by atoms with Gasteiger partial charge in [0.05, 0.1) is 6.04 Å². The number of thiol groups is 1. The standard InChI is InChI=1S/C50H101N31O9S/c1-3-26(36(83)81-34(25-91)35(51)82)74-38(85)28(12-5-19-68-45(54)55)76-40(87)30(14-7-21-70-47(58)59)78-42(89)32(16-9-23-72-49(62)63)80-43(90)33(17-10-24-73-50(64)65)79-41(88)31(15-8-22-71-48(60)61)77-39(86)29(13-6-20-69-46(56)57)75-37(84)27(66-2)11-4-18-67-44(52)53/h26-34,66,91H,3-25H2,1-2H3,(H2,51,82)(H,74,85)(H,75,84)(H,76,87)(H,77,86)(H,78,89)(H,79,88)(H,80,90)(H,81,83)(H4,52,53,67)(H4,54,55,68)(H4,56,57,69)(H4,58,59,70)(H4,60,61,71)(H4,62,63,72)(H4,64,65,73)/t26-,27-,28-,29-,30-,31-,32-,33-,34-/m1/s1. The van der Waals surface area contributed by atoms with E-state index in [0.717, 1.165) is 0 Å². The highest BCUT2D eigenvalue weighted by Gasteiger charge is 2.35. The minimum atomic E-state index is -1.51. The van der Waals surface area contributed by atoms with Crippen molar-refractivity contribution >= 4 is 108 Å². The lowest BCUT2D eigenvalue weighted by Crippen LogP contribution is -2.60. The Balaban J connectivity index is 7.57. The summed E-state index contributed by atoms with van der Waals surface area (Å²) in [5, 5.41) is 23.9. The summed E-state index contributed by atoms with van der Waals surface area (Å²) in [6.45, 7) is 1.78. The molecule has 0 aromatic carbocycles. The average molecular weight is 1310 g/mol. The zero-order valence-electron chi connectivity index (χ0n) is 51.9. The third-order valence-corrected chi connectivity index (χ3v) is 13.3. The summed E-state index contributed by atoms with van der Waals surface area (Å²) in [6, 6.07) is -11.8. The molecule has 9 atom stereocenters. The van der Waals surface area contributed by atoms with Gasteiger partial charge < -0.3 is 134 Å². The van der Waals surface area contributed by atoms with Crippen LogP contribution in [-0.4, -0.2) is 208 Å². The van der Waals surface area contributed by atoms with Crippen LogP contribution in [0.5, 0.6) is 0 Å². The fourth-order valence-corrected chi connectivity index (χ4v) is 8.55. The fourth-order valence-electron chi connectivity index (χ4n) is 8.28. The molecule has 41 heteroatoms. The first-order valence-electron chi connectivity index (χ1n) is 29.3. The number of nitrogens with two attached hydrogens (primary N) is 15. The van der Waals surface area contributed by atoms with Crippen LogP contribution in [0.1, 0.15) is 103 Å². The predicted molar refractivity (Wildman–Crippen MR) is 351 cm³/mol. The molecule has 0 fully saturated rings. The molecule has 0 aliphatic rings. The second-order valence-corrected chi connectivity index (χ2v) is 20.8. The molecule has 0 rings (SSSR count). The maximum atomic E-state index is 14.7. The van der Waals surface area contributed by atoms with Crippen molar-refractivity contribution in [2.45, 2.75) is 158 Å². The molecule has 39 N–H and O–H groups in total. The average Bonchev–Trinajstić information content (AvgIpc) is 1.50. The number of aliphatic imine (C=N–C) groups is 7. The van der Waals surface area contributed by atoms with Crippen molar-refractivity contribution in [3.63, 3.8) is 0 Å². The van der Waals surface area contributed by atoms with E-state index in [9.17, 15) is 43.2 Å². The van der Waals surface area contributed by atoms with Crippen LogP contribution < -0.4 is 134 Å². The molecular weight excluding hydrogens is 1210 g/mol. The third kappa shape index (κ3) is 38.5. The zero-order chi connectivity index (χ0) is 69.0. The van der Waals surface area contributed by atoms with Crippen molar-refractivity contribution in [1.82, 2.24) is 47.9 Å². The van der Waals surface area contributed by atoms with Gasteiger partial charge in [0.2, 0.25) is 53.2 Å². The number of guanidine groups is 7. The van der Waals surface area contributed by atoms with Crippen LogP contribution in [0.15, 0.2) is 34.9 Å². The van der Waals surface area contributed by atoms with Gasteiger partial charge in [-0.2, -0.15) is 12.6 Å². The van der Waals surface area contributed by atoms with Gasteiger partial charge in [-0.1, -0.05) is 6.92 Å².